The molecule has 0 amide bonds. The maximum Gasteiger partial charge on any atom is 0.307 e. The van der Waals surface area contributed by atoms with Gasteiger partial charge in [-0.1, -0.05) is 0 Å². The molecule has 0 aromatic heterocycles. The van der Waals surface area contributed by atoms with Crippen molar-refractivity contribution in [3.05, 3.63) is 17.7 Å². The van der Waals surface area contributed by atoms with E-state index < -0.39 is 5.97 Å². The second kappa shape index (κ2) is 6.14. The molecule has 0 aliphatic rings. The summed E-state index contributed by atoms with van der Waals surface area (Å²) in [4.78, 5) is 10.7. The zero-order chi connectivity index (χ0) is 13.7. The van der Waals surface area contributed by atoms with Crippen molar-refractivity contribution >= 4 is 5.97 Å². The highest BCUT2D eigenvalue weighted by atomic mass is 16.5. The minimum absolute atomic E-state index is 0.0383. The van der Waals surface area contributed by atoms with Gasteiger partial charge in [0.05, 0.1) is 26.7 Å². The van der Waals surface area contributed by atoms with Gasteiger partial charge >= 0.3 is 5.97 Å². The monoisotopic (exact) mass is 254 g/mol. The molecule has 0 atom stereocenters. The molecule has 0 fully saturated rings. The zero-order valence-electron chi connectivity index (χ0n) is 11.0. The molecule has 1 rings (SSSR count). The molecule has 100 valence electrons. The maximum absolute atomic E-state index is 10.7. The molecule has 0 saturated carbocycles. The van der Waals surface area contributed by atoms with Crippen LogP contribution in [0.3, 0.4) is 0 Å². The number of ether oxygens (including phenoxy) is 3. The van der Waals surface area contributed by atoms with Gasteiger partial charge in [0.2, 0.25) is 5.75 Å². The van der Waals surface area contributed by atoms with Gasteiger partial charge in [0.15, 0.2) is 11.5 Å². The summed E-state index contributed by atoms with van der Waals surface area (Å²) in [6, 6.07) is 3.30. The van der Waals surface area contributed by atoms with Crippen molar-refractivity contribution in [3.63, 3.8) is 0 Å². The third-order valence-corrected chi connectivity index (χ3v) is 2.22. The smallest absolute Gasteiger partial charge is 0.307 e. The van der Waals surface area contributed by atoms with E-state index in [9.17, 15) is 4.79 Å². The van der Waals surface area contributed by atoms with Crippen LogP contribution in [0.1, 0.15) is 19.4 Å². The summed E-state index contributed by atoms with van der Waals surface area (Å²) >= 11 is 0. The lowest BCUT2D eigenvalue weighted by molar-refractivity contribution is -0.136. The summed E-state index contributed by atoms with van der Waals surface area (Å²) in [7, 11) is 3.02. The van der Waals surface area contributed by atoms with Crippen LogP contribution >= 0.6 is 0 Å². The van der Waals surface area contributed by atoms with Crippen LogP contribution in [-0.2, 0) is 11.2 Å². The fourth-order valence-corrected chi connectivity index (χ4v) is 1.60. The molecule has 5 heteroatoms. The zero-order valence-corrected chi connectivity index (χ0v) is 11.0. The molecule has 0 unspecified atom stereocenters. The van der Waals surface area contributed by atoms with Gasteiger partial charge in [-0.3, -0.25) is 4.79 Å². The van der Waals surface area contributed by atoms with Gasteiger partial charge in [0.25, 0.3) is 0 Å². The van der Waals surface area contributed by atoms with Crippen molar-refractivity contribution in [3.8, 4) is 17.2 Å². The first kappa shape index (κ1) is 14.2. The first-order valence-corrected chi connectivity index (χ1v) is 5.61. The lowest BCUT2D eigenvalue weighted by atomic mass is 10.1. The minimum atomic E-state index is -0.905. The number of carboxylic acid groups (broad SMARTS) is 1. The Kier molecular flexibility index (Phi) is 4.83. The van der Waals surface area contributed by atoms with Crippen LogP contribution in [0.2, 0.25) is 0 Å². The molecule has 0 heterocycles. The van der Waals surface area contributed by atoms with E-state index in [4.69, 9.17) is 19.3 Å². The molecule has 1 aromatic rings. The minimum Gasteiger partial charge on any atom is -0.493 e. The first-order valence-electron chi connectivity index (χ1n) is 5.61. The Balaban J connectivity index is 3.21. The summed E-state index contributed by atoms with van der Waals surface area (Å²) in [6.45, 7) is 3.77. The number of carboxylic acids is 1. The van der Waals surface area contributed by atoms with Gasteiger partial charge in [-0.15, -0.1) is 0 Å². The van der Waals surface area contributed by atoms with Crippen molar-refractivity contribution in [2.45, 2.75) is 26.4 Å². The fourth-order valence-electron chi connectivity index (χ4n) is 1.60. The number of hydrogen-bond donors (Lipinski definition) is 1. The molecule has 0 spiro atoms. The molecule has 0 aliphatic carbocycles. The van der Waals surface area contributed by atoms with E-state index >= 15 is 0 Å². The Hall–Kier alpha value is -1.91. The third kappa shape index (κ3) is 3.55. The van der Waals surface area contributed by atoms with Gasteiger partial charge in [-0.05, 0) is 31.5 Å². The standard InChI is InChI=1S/C13H18O5/c1-8(2)18-11-6-9(7-12(14)15)5-10(16-3)13(11)17-4/h5-6,8H,7H2,1-4H3,(H,14,15). The Morgan fingerprint density at radius 2 is 1.83 bits per heavy atom. The Bertz CT molecular complexity index is 426. The largest absolute Gasteiger partial charge is 0.493 e. The predicted octanol–water partition coefficient (Wildman–Crippen LogP) is 2.12. The molecule has 0 bridgehead atoms. The van der Waals surface area contributed by atoms with Gasteiger partial charge in [0, 0.05) is 0 Å². The number of hydrogen-bond acceptors (Lipinski definition) is 4. The second-order valence-corrected chi connectivity index (χ2v) is 4.07. The summed E-state index contributed by atoms with van der Waals surface area (Å²) in [5.74, 6) is 0.521. The van der Waals surface area contributed by atoms with Crippen molar-refractivity contribution in [1.82, 2.24) is 0 Å². The summed E-state index contributed by atoms with van der Waals surface area (Å²) in [6.07, 6.45) is -0.127. The van der Waals surface area contributed by atoms with E-state index in [-0.39, 0.29) is 12.5 Å². The van der Waals surface area contributed by atoms with E-state index in [0.29, 0.717) is 22.8 Å². The number of benzene rings is 1. The van der Waals surface area contributed by atoms with Crippen LogP contribution in [0.25, 0.3) is 0 Å². The summed E-state index contributed by atoms with van der Waals surface area (Å²) < 4.78 is 16.0. The topological polar surface area (TPSA) is 65.0 Å². The van der Waals surface area contributed by atoms with Crippen LogP contribution < -0.4 is 14.2 Å². The highest BCUT2D eigenvalue weighted by molar-refractivity contribution is 5.71. The van der Waals surface area contributed by atoms with Crippen LogP contribution in [0.5, 0.6) is 17.2 Å². The molecule has 5 nitrogen and oxygen atoms in total. The van der Waals surface area contributed by atoms with E-state index in [2.05, 4.69) is 0 Å². The molecule has 1 N–H and O–H groups in total. The van der Waals surface area contributed by atoms with E-state index in [1.54, 1.807) is 12.1 Å². The number of carbonyl (C=O) groups is 1. The maximum atomic E-state index is 10.7. The first-order chi connectivity index (χ1) is 8.47. The Morgan fingerprint density at radius 3 is 2.28 bits per heavy atom. The van der Waals surface area contributed by atoms with Crippen LogP contribution in [-0.4, -0.2) is 31.4 Å². The van der Waals surface area contributed by atoms with Crippen LogP contribution in [0.15, 0.2) is 12.1 Å². The number of rotatable bonds is 6. The van der Waals surface area contributed by atoms with Crippen molar-refractivity contribution in [1.29, 1.82) is 0 Å². The molecule has 1 aromatic carbocycles. The molecule has 18 heavy (non-hydrogen) atoms. The Labute approximate surface area is 106 Å². The average Bonchev–Trinajstić information content (AvgIpc) is 2.26. The number of methoxy groups -OCH3 is 2. The quantitative estimate of drug-likeness (QED) is 0.842. The molecule has 0 saturated heterocycles. The number of aliphatic carboxylic acids is 1. The van der Waals surface area contributed by atoms with Crippen LogP contribution in [0.4, 0.5) is 0 Å². The lowest BCUT2D eigenvalue weighted by Gasteiger charge is -2.17. The van der Waals surface area contributed by atoms with E-state index in [0.717, 1.165) is 0 Å². The Morgan fingerprint density at radius 1 is 1.22 bits per heavy atom. The average molecular weight is 254 g/mol. The van der Waals surface area contributed by atoms with Gasteiger partial charge in [0.1, 0.15) is 0 Å². The summed E-state index contributed by atoms with van der Waals surface area (Å²) in [5, 5.41) is 8.82. The fraction of sp³-hybridized carbons (Fsp3) is 0.462. The van der Waals surface area contributed by atoms with E-state index in [1.165, 1.54) is 14.2 Å². The predicted molar refractivity (Wildman–Crippen MR) is 66.6 cm³/mol. The van der Waals surface area contributed by atoms with Crippen molar-refractivity contribution < 1.29 is 24.1 Å². The van der Waals surface area contributed by atoms with Gasteiger partial charge < -0.3 is 19.3 Å². The molecular weight excluding hydrogens is 236 g/mol. The van der Waals surface area contributed by atoms with Gasteiger partial charge in [-0.25, -0.2) is 0 Å². The van der Waals surface area contributed by atoms with Crippen molar-refractivity contribution in [2.75, 3.05) is 14.2 Å². The molecule has 0 aliphatic heterocycles. The van der Waals surface area contributed by atoms with Crippen LogP contribution in [0, 0.1) is 0 Å². The normalized spacial score (nSPS) is 10.3. The second-order valence-electron chi connectivity index (χ2n) is 4.07. The van der Waals surface area contributed by atoms with E-state index in [1.807, 2.05) is 13.8 Å². The highest BCUT2D eigenvalue weighted by Gasteiger charge is 2.16. The van der Waals surface area contributed by atoms with Crippen molar-refractivity contribution in [2.24, 2.45) is 0 Å². The summed E-state index contributed by atoms with van der Waals surface area (Å²) in [5.41, 5.74) is 0.607. The highest BCUT2D eigenvalue weighted by Crippen LogP contribution is 2.39. The molecule has 0 radical (unpaired) electrons. The SMILES string of the molecule is COc1cc(CC(=O)O)cc(OC(C)C)c1OC. The molecular formula is C13H18O5. The lowest BCUT2D eigenvalue weighted by Crippen LogP contribution is -2.09. The third-order valence-electron chi connectivity index (χ3n) is 2.22. The van der Waals surface area contributed by atoms with Gasteiger partial charge in [-0.2, -0.15) is 0 Å².